The number of benzene rings is 2. The Bertz CT molecular complexity index is 1010. The second-order valence-electron chi connectivity index (χ2n) is 5.91. The number of hydrogen-bond acceptors (Lipinski definition) is 5. The number of guanidine groups is 1. The molecule has 0 aromatic heterocycles. The van der Waals surface area contributed by atoms with Crippen LogP contribution in [0.2, 0.25) is 10.0 Å². The van der Waals surface area contributed by atoms with Crippen molar-refractivity contribution in [1.29, 1.82) is 5.41 Å². The van der Waals surface area contributed by atoms with E-state index in [1.165, 1.54) is 18.2 Å². The van der Waals surface area contributed by atoms with Gasteiger partial charge in [0.25, 0.3) is 5.91 Å². The second-order valence-corrected chi connectivity index (χ2v) is 8.74. The van der Waals surface area contributed by atoms with Gasteiger partial charge in [-0.05, 0) is 35.9 Å². The molecule has 0 aliphatic rings. The zero-order valence-electron chi connectivity index (χ0n) is 15.0. The highest BCUT2D eigenvalue weighted by molar-refractivity contribution is 7.90. The van der Waals surface area contributed by atoms with Crippen molar-refractivity contribution in [1.82, 2.24) is 5.32 Å². The molecule has 0 spiro atoms. The first-order valence-corrected chi connectivity index (χ1v) is 10.3. The predicted octanol–water partition coefficient (Wildman–Crippen LogP) is 3.08. The van der Waals surface area contributed by atoms with Crippen LogP contribution in [0.5, 0.6) is 0 Å². The number of sulfone groups is 1. The Balaban J connectivity index is 0.00000392. The van der Waals surface area contributed by atoms with E-state index in [0.717, 1.165) is 11.8 Å². The maximum absolute atomic E-state index is 12.3. The first kappa shape index (κ1) is 24.0. The molecule has 0 aliphatic carbocycles. The molecule has 2 aromatic rings. The highest BCUT2D eigenvalue weighted by Crippen LogP contribution is 2.29. The number of halogens is 3. The van der Waals surface area contributed by atoms with Gasteiger partial charge in [-0.1, -0.05) is 29.3 Å². The van der Waals surface area contributed by atoms with Crippen molar-refractivity contribution >= 4 is 63.0 Å². The predicted molar refractivity (Wildman–Crippen MR) is 115 cm³/mol. The van der Waals surface area contributed by atoms with E-state index in [2.05, 4.69) is 5.32 Å². The lowest BCUT2D eigenvalue weighted by Crippen LogP contribution is -2.35. The summed E-state index contributed by atoms with van der Waals surface area (Å²) in [7, 11) is -1.92. The summed E-state index contributed by atoms with van der Waals surface area (Å²) in [5.74, 6) is -1.19. The summed E-state index contributed by atoms with van der Waals surface area (Å²) in [6.07, 6.45) is 1.06. The van der Waals surface area contributed by atoms with Crippen molar-refractivity contribution < 1.29 is 13.2 Å². The minimum absolute atomic E-state index is 0. The Kier molecular flexibility index (Phi) is 8.13. The van der Waals surface area contributed by atoms with E-state index in [0.29, 0.717) is 22.3 Å². The molecular formula is C17H19Cl3N4O3S. The Morgan fingerprint density at radius 1 is 1.21 bits per heavy atom. The molecule has 0 atom stereocenters. The SMILES string of the molecule is CN(Cc1ccc(Cl)cc1Cl)c1ccc(C(=O)NC(=N)N)cc1S(C)(=O)=O.Cl. The van der Waals surface area contributed by atoms with Crippen LogP contribution in [0.3, 0.4) is 0 Å². The third-order valence-corrected chi connectivity index (χ3v) is 5.42. The lowest BCUT2D eigenvalue weighted by atomic mass is 10.1. The largest absolute Gasteiger partial charge is 0.370 e. The van der Waals surface area contributed by atoms with Gasteiger partial charge >= 0.3 is 0 Å². The quantitative estimate of drug-likeness (QED) is 0.463. The minimum Gasteiger partial charge on any atom is -0.370 e. The van der Waals surface area contributed by atoms with Crippen molar-refractivity contribution in [3.05, 3.63) is 57.6 Å². The normalized spacial score (nSPS) is 10.7. The zero-order chi connectivity index (χ0) is 20.4. The lowest BCUT2D eigenvalue weighted by Gasteiger charge is -2.23. The van der Waals surface area contributed by atoms with Gasteiger partial charge in [0.1, 0.15) is 0 Å². The van der Waals surface area contributed by atoms with Crippen LogP contribution < -0.4 is 16.0 Å². The van der Waals surface area contributed by atoms with Crippen LogP contribution >= 0.6 is 35.6 Å². The molecule has 2 aromatic carbocycles. The molecule has 0 heterocycles. The molecule has 28 heavy (non-hydrogen) atoms. The summed E-state index contributed by atoms with van der Waals surface area (Å²) in [5.41, 5.74) is 6.39. The molecular weight excluding hydrogens is 447 g/mol. The number of carbonyl (C=O) groups excluding carboxylic acids is 1. The molecule has 0 unspecified atom stereocenters. The van der Waals surface area contributed by atoms with Gasteiger partial charge in [0.15, 0.2) is 15.8 Å². The topological polar surface area (TPSA) is 116 Å². The van der Waals surface area contributed by atoms with E-state index in [9.17, 15) is 13.2 Å². The summed E-state index contributed by atoms with van der Waals surface area (Å²) < 4.78 is 24.5. The van der Waals surface area contributed by atoms with Gasteiger partial charge in [0.2, 0.25) is 0 Å². The molecule has 11 heteroatoms. The van der Waals surface area contributed by atoms with Crippen molar-refractivity contribution in [3.63, 3.8) is 0 Å². The standard InChI is InChI=1S/C17H18Cl2N4O3S.ClH/c1-23(9-11-3-5-12(18)8-13(11)19)14-6-4-10(16(24)22-17(20)21)7-15(14)27(2,25)26;/h3-8H,9H2,1-2H3,(H4,20,21,22,24);1H. The summed E-state index contributed by atoms with van der Waals surface area (Å²) in [4.78, 5) is 13.7. The van der Waals surface area contributed by atoms with Crippen molar-refractivity contribution in [2.24, 2.45) is 5.73 Å². The molecule has 152 valence electrons. The average molecular weight is 466 g/mol. The summed E-state index contributed by atoms with van der Waals surface area (Å²) >= 11 is 12.1. The van der Waals surface area contributed by atoms with Crippen LogP contribution in [0.25, 0.3) is 0 Å². The highest BCUT2D eigenvalue weighted by atomic mass is 35.5. The van der Waals surface area contributed by atoms with Gasteiger partial charge in [0.05, 0.1) is 10.6 Å². The van der Waals surface area contributed by atoms with E-state index >= 15 is 0 Å². The number of amides is 1. The van der Waals surface area contributed by atoms with Gasteiger partial charge in [-0.2, -0.15) is 0 Å². The van der Waals surface area contributed by atoms with Crippen molar-refractivity contribution in [2.45, 2.75) is 11.4 Å². The molecule has 0 radical (unpaired) electrons. The fraction of sp³-hybridized carbons (Fsp3) is 0.176. The molecule has 0 aliphatic heterocycles. The Morgan fingerprint density at radius 3 is 2.39 bits per heavy atom. The zero-order valence-corrected chi connectivity index (χ0v) is 18.1. The summed E-state index contributed by atoms with van der Waals surface area (Å²) in [6.45, 7) is 0.331. The minimum atomic E-state index is -3.63. The highest BCUT2D eigenvalue weighted by Gasteiger charge is 2.20. The average Bonchev–Trinajstić information content (AvgIpc) is 2.55. The van der Waals surface area contributed by atoms with Gasteiger partial charge in [-0.3, -0.25) is 15.5 Å². The van der Waals surface area contributed by atoms with Crippen molar-refractivity contribution in [2.75, 3.05) is 18.2 Å². The smallest absolute Gasteiger partial charge is 0.257 e. The van der Waals surface area contributed by atoms with Crippen LogP contribution in [0, 0.1) is 5.41 Å². The maximum atomic E-state index is 12.3. The van der Waals surface area contributed by atoms with E-state index < -0.39 is 21.7 Å². The molecule has 0 bridgehead atoms. The van der Waals surface area contributed by atoms with E-state index in [4.69, 9.17) is 34.3 Å². The van der Waals surface area contributed by atoms with E-state index in [1.807, 2.05) is 0 Å². The van der Waals surface area contributed by atoms with E-state index in [1.54, 1.807) is 30.1 Å². The third kappa shape index (κ3) is 6.00. The third-order valence-electron chi connectivity index (χ3n) is 3.70. The number of hydrogen-bond donors (Lipinski definition) is 3. The number of carbonyl (C=O) groups is 1. The molecule has 2 rings (SSSR count). The van der Waals surface area contributed by atoms with Crippen LogP contribution in [0.1, 0.15) is 15.9 Å². The maximum Gasteiger partial charge on any atom is 0.257 e. The Hall–Kier alpha value is -2.00. The number of nitrogens with one attached hydrogen (secondary N) is 2. The monoisotopic (exact) mass is 464 g/mol. The molecule has 0 fully saturated rings. The van der Waals surface area contributed by atoms with Gasteiger partial charge in [-0.25, -0.2) is 8.42 Å². The van der Waals surface area contributed by atoms with Gasteiger partial charge < -0.3 is 10.6 Å². The molecule has 1 amide bonds. The molecule has 4 N–H and O–H groups in total. The first-order chi connectivity index (χ1) is 12.5. The van der Waals surface area contributed by atoms with Crippen LogP contribution in [-0.4, -0.2) is 33.6 Å². The Morgan fingerprint density at radius 2 is 1.86 bits per heavy atom. The molecule has 7 nitrogen and oxygen atoms in total. The first-order valence-electron chi connectivity index (χ1n) is 7.63. The molecule has 0 saturated carbocycles. The van der Waals surface area contributed by atoms with Crippen LogP contribution in [0.4, 0.5) is 5.69 Å². The fourth-order valence-electron chi connectivity index (χ4n) is 2.45. The lowest BCUT2D eigenvalue weighted by molar-refractivity contribution is 0.0976. The second kappa shape index (κ2) is 9.47. The van der Waals surface area contributed by atoms with Crippen molar-refractivity contribution in [3.8, 4) is 0 Å². The number of nitrogens with zero attached hydrogens (tertiary/aromatic N) is 1. The fourth-order valence-corrected chi connectivity index (χ4v) is 3.87. The number of anilines is 1. The summed E-state index contributed by atoms with van der Waals surface area (Å²) in [5, 5.41) is 10.2. The Labute approximate surface area is 179 Å². The number of nitrogens with two attached hydrogens (primary N) is 1. The van der Waals surface area contributed by atoms with Crippen LogP contribution in [0.15, 0.2) is 41.3 Å². The summed E-state index contributed by atoms with van der Waals surface area (Å²) in [6, 6.07) is 9.30. The van der Waals surface area contributed by atoms with Gasteiger partial charge in [-0.15, -0.1) is 12.4 Å². The number of rotatable bonds is 5. The van der Waals surface area contributed by atoms with Crippen LogP contribution in [-0.2, 0) is 16.4 Å². The van der Waals surface area contributed by atoms with Gasteiger partial charge in [0, 0.05) is 35.5 Å². The molecule has 0 saturated heterocycles. The van der Waals surface area contributed by atoms with E-state index in [-0.39, 0.29) is 22.9 Å².